The summed E-state index contributed by atoms with van der Waals surface area (Å²) < 4.78 is 15.2. The van der Waals surface area contributed by atoms with Crippen molar-refractivity contribution in [1.82, 2.24) is 25.4 Å². The maximum absolute atomic E-state index is 13.5. The highest BCUT2D eigenvalue weighted by Crippen LogP contribution is 2.32. The second-order valence-electron chi connectivity index (χ2n) is 6.99. The minimum atomic E-state index is -0.316. The number of urea groups is 1. The molecule has 0 aliphatic rings. The first-order valence-corrected chi connectivity index (χ1v) is 7.90. The van der Waals surface area contributed by atoms with E-state index >= 15 is 0 Å². The molecular formula is C17H24FN5O. The Kier molecular flexibility index (Phi) is 5.54. The second-order valence-corrected chi connectivity index (χ2v) is 6.99. The summed E-state index contributed by atoms with van der Waals surface area (Å²) in [4.78, 5) is 16.2. The largest absolute Gasteiger partial charge is 0.334 e. The summed E-state index contributed by atoms with van der Waals surface area (Å²) in [5, 5.41) is 9.83. The number of hydrogen-bond donors (Lipinski definition) is 2. The maximum Gasteiger partial charge on any atom is 0.315 e. The SMILES string of the molecule is CC(Cn1cncn1)NC(=O)NC(c1cccc(F)c1)C(C)(C)C. The molecule has 6 nitrogen and oxygen atoms in total. The van der Waals surface area contributed by atoms with Crippen LogP contribution in [0, 0.1) is 11.2 Å². The van der Waals surface area contributed by atoms with Gasteiger partial charge in [0, 0.05) is 6.04 Å². The predicted octanol–water partition coefficient (Wildman–Crippen LogP) is 2.89. The van der Waals surface area contributed by atoms with Crippen molar-refractivity contribution in [3.63, 3.8) is 0 Å². The molecule has 0 aliphatic heterocycles. The molecule has 0 saturated carbocycles. The summed E-state index contributed by atoms with van der Waals surface area (Å²) in [6.07, 6.45) is 3.05. The fraction of sp³-hybridized carbons (Fsp3) is 0.471. The van der Waals surface area contributed by atoms with Crippen LogP contribution in [0.25, 0.3) is 0 Å². The molecule has 1 aromatic heterocycles. The van der Waals surface area contributed by atoms with Crippen LogP contribution in [0.2, 0.25) is 0 Å². The Morgan fingerprint density at radius 1 is 1.33 bits per heavy atom. The van der Waals surface area contributed by atoms with E-state index in [-0.39, 0.29) is 29.3 Å². The minimum Gasteiger partial charge on any atom is -0.334 e. The number of rotatable bonds is 5. The van der Waals surface area contributed by atoms with Gasteiger partial charge in [-0.05, 0) is 30.0 Å². The molecule has 0 fully saturated rings. The number of benzene rings is 1. The molecule has 0 spiro atoms. The lowest BCUT2D eigenvalue weighted by Crippen LogP contribution is -2.46. The number of nitrogens with zero attached hydrogens (tertiary/aromatic N) is 3. The van der Waals surface area contributed by atoms with Crippen molar-refractivity contribution in [2.75, 3.05) is 0 Å². The van der Waals surface area contributed by atoms with E-state index in [1.165, 1.54) is 18.5 Å². The van der Waals surface area contributed by atoms with Crippen LogP contribution in [0.5, 0.6) is 0 Å². The highest BCUT2D eigenvalue weighted by atomic mass is 19.1. The Bertz CT molecular complexity index is 666. The smallest absolute Gasteiger partial charge is 0.315 e. The van der Waals surface area contributed by atoms with Crippen LogP contribution in [-0.4, -0.2) is 26.8 Å². The van der Waals surface area contributed by atoms with Crippen molar-refractivity contribution >= 4 is 6.03 Å². The molecule has 0 aliphatic carbocycles. The first kappa shape index (κ1) is 17.9. The number of nitrogens with one attached hydrogen (secondary N) is 2. The topological polar surface area (TPSA) is 71.8 Å². The summed E-state index contributed by atoms with van der Waals surface area (Å²) in [5.74, 6) is -0.316. The van der Waals surface area contributed by atoms with E-state index in [4.69, 9.17) is 0 Å². The van der Waals surface area contributed by atoms with Gasteiger partial charge in [-0.15, -0.1) is 0 Å². The van der Waals surface area contributed by atoms with Crippen LogP contribution in [0.15, 0.2) is 36.9 Å². The fourth-order valence-electron chi connectivity index (χ4n) is 2.54. The van der Waals surface area contributed by atoms with Crippen molar-refractivity contribution in [2.24, 2.45) is 5.41 Å². The zero-order valence-electron chi connectivity index (χ0n) is 14.5. The Morgan fingerprint density at radius 3 is 2.67 bits per heavy atom. The van der Waals surface area contributed by atoms with Crippen LogP contribution in [0.4, 0.5) is 9.18 Å². The zero-order chi connectivity index (χ0) is 17.7. The maximum atomic E-state index is 13.5. The van der Waals surface area contributed by atoms with Gasteiger partial charge in [-0.3, -0.25) is 4.68 Å². The molecule has 2 N–H and O–H groups in total. The van der Waals surface area contributed by atoms with Crippen molar-refractivity contribution in [3.8, 4) is 0 Å². The highest BCUT2D eigenvalue weighted by molar-refractivity contribution is 5.74. The molecule has 0 bridgehead atoms. The van der Waals surface area contributed by atoms with Crippen LogP contribution in [0.1, 0.15) is 39.3 Å². The molecule has 2 unspecified atom stereocenters. The molecule has 0 radical (unpaired) electrons. The Hall–Kier alpha value is -2.44. The number of amides is 2. The lowest BCUT2D eigenvalue weighted by Gasteiger charge is -2.32. The monoisotopic (exact) mass is 333 g/mol. The Labute approximate surface area is 141 Å². The van der Waals surface area contributed by atoms with Gasteiger partial charge in [0.15, 0.2) is 0 Å². The number of hydrogen-bond acceptors (Lipinski definition) is 3. The molecule has 1 heterocycles. The molecule has 2 aromatic rings. The first-order chi connectivity index (χ1) is 11.3. The average molecular weight is 333 g/mol. The summed E-state index contributed by atoms with van der Waals surface area (Å²) >= 11 is 0. The first-order valence-electron chi connectivity index (χ1n) is 7.90. The molecule has 7 heteroatoms. The van der Waals surface area contributed by atoms with Crippen molar-refractivity contribution in [1.29, 1.82) is 0 Å². The van der Waals surface area contributed by atoms with E-state index in [9.17, 15) is 9.18 Å². The number of halogens is 1. The minimum absolute atomic E-state index is 0.125. The average Bonchev–Trinajstić information content (AvgIpc) is 2.96. The molecular weight excluding hydrogens is 309 g/mol. The van der Waals surface area contributed by atoms with Crippen LogP contribution < -0.4 is 10.6 Å². The number of aromatic nitrogens is 3. The second kappa shape index (κ2) is 7.42. The van der Waals surface area contributed by atoms with E-state index < -0.39 is 0 Å². The summed E-state index contributed by atoms with van der Waals surface area (Å²) in [6, 6.07) is 5.57. The molecule has 2 rings (SSSR count). The van der Waals surface area contributed by atoms with E-state index in [1.54, 1.807) is 17.1 Å². The molecule has 1 aromatic carbocycles. The van der Waals surface area contributed by atoms with Gasteiger partial charge in [0.25, 0.3) is 0 Å². The van der Waals surface area contributed by atoms with Crippen molar-refractivity contribution in [2.45, 2.75) is 46.3 Å². The van der Waals surface area contributed by atoms with Gasteiger partial charge < -0.3 is 10.6 Å². The van der Waals surface area contributed by atoms with E-state index in [1.807, 2.05) is 33.8 Å². The quantitative estimate of drug-likeness (QED) is 0.884. The van der Waals surface area contributed by atoms with E-state index in [0.717, 1.165) is 5.56 Å². The summed E-state index contributed by atoms with van der Waals surface area (Å²) in [6.45, 7) is 8.41. The Balaban J connectivity index is 2.02. The molecule has 0 saturated heterocycles. The lowest BCUT2D eigenvalue weighted by molar-refractivity contribution is 0.214. The third-order valence-corrected chi connectivity index (χ3v) is 3.63. The lowest BCUT2D eigenvalue weighted by atomic mass is 9.82. The fourth-order valence-corrected chi connectivity index (χ4v) is 2.54. The van der Waals surface area contributed by atoms with E-state index in [2.05, 4.69) is 20.7 Å². The number of carbonyl (C=O) groups excluding carboxylic acids is 1. The van der Waals surface area contributed by atoms with Crippen LogP contribution >= 0.6 is 0 Å². The van der Waals surface area contributed by atoms with E-state index in [0.29, 0.717) is 6.54 Å². The molecule has 2 amide bonds. The van der Waals surface area contributed by atoms with Crippen LogP contribution in [0.3, 0.4) is 0 Å². The highest BCUT2D eigenvalue weighted by Gasteiger charge is 2.28. The van der Waals surface area contributed by atoms with Gasteiger partial charge in [-0.1, -0.05) is 32.9 Å². The van der Waals surface area contributed by atoms with Gasteiger partial charge >= 0.3 is 6.03 Å². The third kappa shape index (κ3) is 5.04. The standard InChI is InChI=1S/C17H24FN5O/c1-12(9-23-11-19-10-20-23)21-16(24)22-15(17(2,3)4)13-6-5-7-14(18)8-13/h5-8,10-12,15H,9H2,1-4H3,(H2,21,22,24). The van der Waals surface area contributed by atoms with Gasteiger partial charge in [0.2, 0.25) is 0 Å². The summed E-state index contributed by atoms with van der Waals surface area (Å²) in [5.41, 5.74) is 0.474. The third-order valence-electron chi connectivity index (χ3n) is 3.63. The number of carbonyl (C=O) groups is 1. The van der Waals surface area contributed by atoms with Gasteiger partial charge in [0.1, 0.15) is 18.5 Å². The normalized spacial score (nSPS) is 14.0. The Morgan fingerprint density at radius 2 is 2.08 bits per heavy atom. The van der Waals surface area contributed by atoms with Crippen molar-refractivity contribution < 1.29 is 9.18 Å². The van der Waals surface area contributed by atoms with Crippen molar-refractivity contribution in [3.05, 3.63) is 48.3 Å². The predicted molar refractivity (Wildman–Crippen MR) is 89.7 cm³/mol. The molecule has 2 atom stereocenters. The summed E-state index contributed by atoms with van der Waals surface area (Å²) in [7, 11) is 0. The van der Waals surface area contributed by atoms with Gasteiger partial charge in [-0.25, -0.2) is 14.2 Å². The molecule has 130 valence electrons. The zero-order valence-corrected chi connectivity index (χ0v) is 14.5. The molecule has 24 heavy (non-hydrogen) atoms. The van der Waals surface area contributed by atoms with Gasteiger partial charge in [0.05, 0.1) is 12.6 Å². The van der Waals surface area contributed by atoms with Gasteiger partial charge in [-0.2, -0.15) is 5.10 Å². The van der Waals surface area contributed by atoms with Crippen LogP contribution in [-0.2, 0) is 6.54 Å².